The molecule has 0 aliphatic heterocycles. The minimum atomic E-state index is -4.17. The van der Waals surface area contributed by atoms with Crippen LogP contribution in [0.1, 0.15) is 19.4 Å². The number of esters is 1. The highest BCUT2D eigenvalue weighted by atomic mass is 31.2. The molecule has 6 heteroatoms. The topological polar surface area (TPSA) is 72.8 Å². The molecule has 0 fully saturated rings. The van der Waals surface area contributed by atoms with Crippen LogP contribution in [0.3, 0.4) is 0 Å². The monoisotopic (exact) mass is 284 g/mol. The van der Waals surface area contributed by atoms with Crippen LogP contribution in [0.15, 0.2) is 35.6 Å². The Labute approximate surface area is 112 Å². The van der Waals surface area contributed by atoms with Crippen LogP contribution in [0.25, 0.3) is 6.08 Å². The number of hydrogen-bond acceptors (Lipinski definition) is 4. The molecule has 5 nitrogen and oxygen atoms in total. The Bertz CT molecular complexity index is 495. The smallest absolute Gasteiger partial charge is 0.366 e. The first-order chi connectivity index (χ1) is 9.01. The normalized spacial score (nSPS) is 14.8. The second-order valence-electron chi connectivity index (χ2n) is 3.60. The minimum absolute atomic E-state index is 0.0271. The van der Waals surface area contributed by atoms with Gasteiger partial charge in [0.05, 0.1) is 13.2 Å². The molecule has 0 radical (unpaired) electrons. The minimum Gasteiger partial charge on any atom is -0.462 e. The van der Waals surface area contributed by atoms with E-state index >= 15 is 0 Å². The zero-order chi connectivity index (χ0) is 14.3. The Morgan fingerprint density at radius 1 is 1.26 bits per heavy atom. The van der Waals surface area contributed by atoms with Crippen molar-refractivity contribution < 1.29 is 23.5 Å². The quantitative estimate of drug-likeness (QED) is 0.494. The summed E-state index contributed by atoms with van der Waals surface area (Å²) in [5, 5.41) is -0.359. The zero-order valence-corrected chi connectivity index (χ0v) is 11.8. The predicted molar refractivity (Wildman–Crippen MR) is 72.5 cm³/mol. The molecule has 0 saturated heterocycles. The van der Waals surface area contributed by atoms with Crippen molar-refractivity contribution in [3.63, 3.8) is 0 Å². The van der Waals surface area contributed by atoms with Crippen molar-refractivity contribution in [3.8, 4) is 0 Å². The third-order valence-corrected chi connectivity index (χ3v) is 3.72. The van der Waals surface area contributed by atoms with Crippen molar-refractivity contribution >= 4 is 19.6 Å². The highest BCUT2D eigenvalue weighted by Gasteiger charge is 2.32. The lowest BCUT2D eigenvalue weighted by atomic mass is 10.2. The number of hydrogen-bond donors (Lipinski definition) is 1. The lowest BCUT2D eigenvalue weighted by Gasteiger charge is -2.13. The zero-order valence-electron chi connectivity index (χ0n) is 10.9. The largest absolute Gasteiger partial charge is 0.462 e. The molecule has 1 rings (SSSR count). The van der Waals surface area contributed by atoms with Crippen molar-refractivity contribution in [1.82, 2.24) is 0 Å². The van der Waals surface area contributed by atoms with Gasteiger partial charge in [-0.1, -0.05) is 30.3 Å². The molecule has 1 aromatic rings. The molecule has 1 atom stereocenters. The van der Waals surface area contributed by atoms with Crippen LogP contribution in [0.5, 0.6) is 0 Å². The van der Waals surface area contributed by atoms with E-state index in [0.29, 0.717) is 5.56 Å². The fourth-order valence-corrected chi connectivity index (χ4v) is 2.51. The molecule has 0 heterocycles. The summed E-state index contributed by atoms with van der Waals surface area (Å²) in [4.78, 5) is 21.6. The first-order valence-electron chi connectivity index (χ1n) is 5.93. The van der Waals surface area contributed by atoms with Crippen molar-refractivity contribution in [2.75, 3.05) is 13.2 Å². The maximum absolute atomic E-state index is 12.0. The van der Waals surface area contributed by atoms with E-state index in [9.17, 15) is 14.3 Å². The first-order valence-corrected chi connectivity index (χ1v) is 7.50. The van der Waals surface area contributed by atoms with E-state index in [1.54, 1.807) is 38.1 Å². The number of rotatable bonds is 6. The molecule has 0 saturated carbocycles. The van der Waals surface area contributed by atoms with Gasteiger partial charge in [-0.15, -0.1) is 0 Å². The summed E-state index contributed by atoms with van der Waals surface area (Å²) in [6.45, 7) is 3.35. The summed E-state index contributed by atoms with van der Waals surface area (Å²) < 4.78 is 21.6. The van der Waals surface area contributed by atoms with E-state index in [2.05, 4.69) is 0 Å². The van der Waals surface area contributed by atoms with E-state index in [-0.39, 0.29) is 18.5 Å². The number of ether oxygens (including phenoxy) is 1. The van der Waals surface area contributed by atoms with E-state index in [0.717, 1.165) is 0 Å². The molecular weight excluding hydrogens is 267 g/mol. The van der Waals surface area contributed by atoms with Gasteiger partial charge in [0.1, 0.15) is 5.31 Å². The van der Waals surface area contributed by atoms with Gasteiger partial charge in [-0.3, -0.25) is 4.57 Å². The van der Waals surface area contributed by atoms with Gasteiger partial charge >= 0.3 is 13.6 Å². The molecule has 1 aromatic carbocycles. The Kier molecular flexibility index (Phi) is 5.96. The highest BCUT2D eigenvalue weighted by molar-refractivity contribution is 7.59. The Morgan fingerprint density at radius 2 is 1.89 bits per heavy atom. The van der Waals surface area contributed by atoms with Gasteiger partial charge in [-0.2, -0.15) is 0 Å². The molecule has 0 amide bonds. The fourth-order valence-electron chi connectivity index (χ4n) is 1.41. The second kappa shape index (κ2) is 7.24. The molecule has 19 heavy (non-hydrogen) atoms. The Morgan fingerprint density at radius 3 is 2.42 bits per heavy atom. The predicted octanol–water partition coefficient (Wildman–Crippen LogP) is 2.81. The summed E-state index contributed by atoms with van der Waals surface area (Å²) in [5.41, 5.74) is 0.625. The van der Waals surface area contributed by atoms with E-state index in [1.807, 2.05) is 6.07 Å². The van der Waals surface area contributed by atoms with Crippen LogP contribution < -0.4 is 0 Å². The number of benzene rings is 1. The molecule has 104 valence electrons. The van der Waals surface area contributed by atoms with Crippen LogP contribution in [0.2, 0.25) is 0 Å². The van der Waals surface area contributed by atoms with Crippen molar-refractivity contribution in [3.05, 3.63) is 41.2 Å². The molecule has 0 aliphatic rings. The van der Waals surface area contributed by atoms with E-state index < -0.39 is 13.6 Å². The van der Waals surface area contributed by atoms with Gasteiger partial charge < -0.3 is 14.2 Å². The van der Waals surface area contributed by atoms with Crippen molar-refractivity contribution in [2.45, 2.75) is 13.8 Å². The molecule has 1 unspecified atom stereocenters. The van der Waals surface area contributed by atoms with Gasteiger partial charge in [0.15, 0.2) is 0 Å². The Balaban J connectivity index is 3.16. The molecule has 0 aromatic heterocycles. The molecule has 0 bridgehead atoms. The van der Waals surface area contributed by atoms with Gasteiger partial charge in [-0.25, -0.2) is 4.79 Å². The van der Waals surface area contributed by atoms with Crippen molar-refractivity contribution in [2.24, 2.45) is 0 Å². The third kappa shape index (κ3) is 4.63. The summed E-state index contributed by atoms with van der Waals surface area (Å²) in [6.07, 6.45) is 1.31. The summed E-state index contributed by atoms with van der Waals surface area (Å²) in [7, 11) is -4.17. The average Bonchev–Trinajstić information content (AvgIpc) is 2.37. The second-order valence-corrected chi connectivity index (χ2v) is 5.38. The van der Waals surface area contributed by atoms with Crippen LogP contribution >= 0.6 is 7.60 Å². The van der Waals surface area contributed by atoms with Crippen LogP contribution in [0, 0.1) is 0 Å². The maximum atomic E-state index is 12.0. The maximum Gasteiger partial charge on any atom is 0.366 e. The number of carbonyl (C=O) groups excluding carboxylic acids is 1. The SMILES string of the molecule is CCOC(=O)C(=Cc1ccccc1)P(=O)(O)OCC. The lowest BCUT2D eigenvalue weighted by Crippen LogP contribution is -2.09. The van der Waals surface area contributed by atoms with Crippen LogP contribution in [-0.4, -0.2) is 24.1 Å². The summed E-state index contributed by atoms with van der Waals surface area (Å²) >= 11 is 0. The lowest BCUT2D eigenvalue weighted by molar-refractivity contribution is -0.137. The first kappa shape index (κ1) is 15.6. The summed E-state index contributed by atoms with van der Waals surface area (Å²) in [6, 6.07) is 8.76. The van der Waals surface area contributed by atoms with Gasteiger partial charge in [0.25, 0.3) is 0 Å². The third-order valence-electron chi connectivity index (χ3n) is 2.20. The summed E-state index contributed by atoms with van der Waals surface area (Å²) in [5.74, 6) is -0.842. The van der Waals surface area contributed by atoms with E-state index in [1.165, 1.54) is 6.08 Å². The van der Waals surface area contributed by atoms with Gasteiger partial charge in [-0.05, 0) is 25.5 Å². The van der Waals surface area contributed by atoms with Gasteiger partial charge in [0.2, 0.25) is 0 Å². The molecular formula is C13H17O5P. The van der Waals surface area contributed by atoms with Gasteiger partial charge in [0, 0.05) is 0 Å². The standard InChI is InChI=1S/C13H17O5P/c1-3-17-13(14)12(19(15,16)18-4-2)10-11-8-6-5-7-9-11/h5-10H,3-4H2,1-2H3,(H,15,16). The number of carbonyl (C=O) groups is 1. The fraction of sp³-hybridized carbons (Fsp3) is 0.308. The van der Waals surface area contributed by atoms with E-state index in [4.69, 9.17) is 9.26 Å². The van der Waals surface area contributed by atoms with Crippen molar-refractivity contribution in [1.29, 1.82) is 0 Å². The van der Waals surface area contributed by atoms with Crippen LogP contribution in [-0.2, 0) is 18.6 Å². The average molecular weight is 284 g/mol. The Hall–Kier alpha value is -1.42. The molecule has 0 spiro atoms. The molecule has 0 aliphatic carbocycles. The van der Waals surface area contributed by atoms with Crippen LogP contribution in [0.4, 0.5) is 0 Å². The molecule has 1 N–H and O–H groups in total. The highest BCUT2D eigenvalue weighted by Crippen LogP contribution is 2.51.